The molecule has 0 unspecified atom stereocenters. The summed E-state index contributed by atoms with van der Waals surface area (Å²) in [6.45, 7) is 0.279. The zero-order valence-corrected chi connectivity index (χ0v) is 8.09. The molecule has 0 aliphatic rings. The fourth-order valence-electron chi connectivity index (χ4n) is 1.21. The molecule has 0 atom stereocenters. The van der Waals surface area contributed by atoms with Gasteiger partial charge in [0.2, 0.25) is 0 Å². The number of hydrogen-bond donors (Lipinski definition) is 1. The second-order valence-corrected chi connectivity index (χ2v) is 3.01. The molecule has 4 heteroatoms. The number of aliphatic hydroxyl groups is 1. The first-order valence-corrected chi connectivity index (χ1v) is 4.59. The lowest BCUT2D eigenvalue weighted by Crippen LogP contribution is -1.98. The van der Waals surface area contributed by atoms with Gasteiger partial charge in [-0.1, -0.05) is 0 Å². The van der Waals surface area contributed by atoms with Gasteiger partial charge in [-0.15, -0.1) is 0 Å². The van der Waals surface area contributed by atoms with Crippen LogP contribution >= 0.6 is 0 Å². The molecule has 15 heavy (non-hydrogen) atoms. The van der Waals surface area contributed by atoms with E-state index in [1.54, 1.807) is 30.8 Å². The predicted molar refractivity (Wildman–Crippen MR) is 53.2 cm³/mol. The van der Waals surface area contributed by atoms with Crippen LogP contribution in [0.4, 0.5) is 0 Å². The van der Waals surface area contributed by atoms with Gasteiger partial charge in [0.25, 0.3) is 0 Å². The third-order valence-corrected chi connectivity index (χ3v) is 1.99. The van der Waals surface area contributed by atoms with E-state index in [0.717, 1.165) is 11.3 Å². The van der Waals surface area contributed by atoms with Gasteiger partial charge >= 0.3 is 0 Å². The van der Waals surface area contributed by atoms with E-state index in [-0.39, 0.29) is 6.61 Å². The summed E-state index contributed by atoms with van der Waals surface area (Å²) >= 11 is 0. The smallest absolute Gasteiger partial charge is 0.146 e. The molecule has 0 aromatic carbocycles. The number of hydrogen-bond acceptors (Lipinski definition) is 4. The van der Waals surface area contributed by atoms with E-state index in [1.165, 1.54) is 0 Å². The molecule has 78 valence electrons. The van der Waals surface area contributed by atoms with E-state index in [0.29, 0.717) is 12.4 Å². The zero-order chi connectivity index (χ0) is 10.5. The molecule has 0 spiro atoms. The molecule has 4 nitrogen and oxygen atoms in total. The van der Waals surface area contributed by atoms with Crippen LogP contribution in [0.3, 0.4) is 0 Å². The Kier molecular flexibility index (Phi) is 2.99. The van der Waals surface area contributed by atoms with Gasteiger partial charge in [0.15, 0.2) is 0 Å². The van der Waals surface area contributed by atoms with Crippen LogP contribution in [0, 0.1) is 0 Å². The summed E-state index contributed by atoms with van der Waals surface area (Å²) in [5.74, 6) is 1.32. The van der Waals surface area contributed by atoms with Crippen LogP contribution in [0.2, 0.25) is 0 Å². The minimum atomic E-state index is -0.0595. The van der Waals surface area contributed by atoms with Crippen molar-refractivity contribution in [2.45, 2.75) is 13.2 Å². The van der Waals surface area contributed by atoms with Crippen LogP contribution in [0.5, 0.6) is 5.75 Å². The monoisotopic (exact) mass is 205 g/mol. The summed E-state index contributed by atoms with van der Waals surface area (Å²) in [5, 5.41) is 9.04. The first-order chi connectivity index (χ1) is 7.40. The van der Waals surface area contributed by atoms with E-state index < -0.39 is 0 Å². The normalized spacial score (nSPS) is 10.2. The number of aromatic nitrogens is 1. The van der Waals surface area contributed by atoms with Gasteiger partial charge in [-0.25, -0.2) is 0 Å². The summed E-state index contributed by atoms with van der Waals surface area (Å²) < 4.78 is 10.6. The second-order valence-electron chi connectivity index (χ2n) is 3.01. The fourth-order valence-corrected chi connectivity index (χ4v) is 1.21. The van der Waals surface area contributed by atoms with Crippen LogP contribution in [-0.2, 0) is 13.2 Å². The molecular formula is C11H11NO3. The Balaban J connectivity index is 2.04. The molecule has 0 aliphatic carbocycles. The van der Waals surface area contributed by atoms with Gasteiger partial charge in [0.05, 0.1) is 19.1 Å². The highest BCUT2D eigenvalue weighted by Gasteiger charge is 2.03. The average molecular weight is 205 g/mol. The standard InChI is InChI=1S/C11H11NO3/c13-7-9-3-4-12-6-11(9)15-8-10-2-1-5-14-10/h1-6,13H,7-8H2. The Morgan fingerprint density at radius 2 is 2.33 bits per heavy atom. The molecular weight excluding hydrogens is 194 g/mol. The molecule has 0 amide bonds. The van der Waals surface area contributed by atoms with Crippen molar-refractivity contribution in [3.05, 3.63) is 48.2 Å². The fraction of sp³-hybridized carbons (Fsp3) is 0.182. The van der Waals surface area contributed by atoms with Crippen molar-refractivity contribution in [1.29, 1.82) is 0 Å². The molecule has 2 rings (SSSR count). The van der Waals surface area contributed by atoms with E-state index in [9.17, 15) is 0 Å². The number of ether oxygens (including phenoxy) is 1. The van der Waals surface area contributed by atoms with Gasteiger partial charge < -0.3 is 14.3 Å². The van der Waals surface area contributed by atoms with E-state index >= 15 is 0 Å². The third-order valence-electron chi connectivity index (χ3n) is 1.99. The largest absolute Gasteiger partial charge is 0.484 e. The first kappa shape index (κ1) is 9.73. The van der Waals surface area contributed by atoms with Crippen molar-refractivity contribution in [3.8, 4) is 5.75 Å². The van der Waals surface area contributed by atoms with Crippen LogP contribution in [0.25, 0.3) is 0 Å². The van der Waals surface area contributed by atoms with Crippen LogP contribution < -0.4 is 4.74 Å². The first-order valence-electron chi connectivity index (χ1n) is 4.59. The summed E-state index contributed by atoms with van der Waals surface area (Å²) in [6.07, 6.45) is 4.79. The quantitative estimate of drug-likeness (QED) is 0.826. The molecule has 0 fully saturated rings. The molecule has 0 saturated heterocycles. The lowest BCUT2D eigenvalue weighted by molar-refractivity contribution is 0.244. The lowest BCUT2D eigenvalue weighted by atomic mass is 10.2. The topological polar surface area (TPSA) is 55.5 Å². The molecule has 0 aliphatic heterocycles. The Bertz CT molecular complexity index is 412. The summed E-state index contributed by atoms with van der Waals surface area (Å²) in [5.41, 5.74) is 0.719. The second kappa shape index (κ2) is 4.61. The molecule has 0 saturated carbocycles. The highest BCUT2D eigenvalue weighted by Crippen LogP contribution is 2.17. The van der Waals surface area contributed by atoms with Crippen molar-refractivity contribution < 1.29 is 14.3 Å². The van der Waals surface area contributed by atoms with E-state index in [4.69, 9.17) is 14.3 Å². The number of pyridine rings is 1. The molecule has 1 N–H and O–H groups in total. The number of nitrogens with zero attached hydrogens (tertiary/aromatic N) is 1. The molecule has 2 heterocycles. The predicted octanol–water partition coefficient (Wildman–Crippen LogP) is 1.75. The molecule has 2 aromatic rings. The minimum absolute atomic E-state index is 0.0595. The van der Waals surface area contributed by atoms with Gasteiger partial charge in [0, 0.05) is 11.8 Å². The number of furan rings is 1. The summed E-state index contributed by atoms with van der Waals surface area (Å²) in [4.78, 5) is 3.93. The Labute approximate surface area is 87.1 Å². The van der Waals surface area contributed by atoms with Gasteiger partial charge in [-0.05, 0) is 18.2 Å². The Morgan fingerprint density at radius 1 is 1.40 bits per heavy atom. The van der Waals surface area contributed by atoms with E-state index in [1.807, 2.05) is 6.07 Å². The Morgan fingerprint density at radius 3 is 3.07 bits per heavy atom. The molecule has 2 aromatic heterocycles. The van der Waals surface area contributed by atoms with Crippen LogP contribution in [0.15, 0.2) is 41.3 Å². The number of aliphatic hydroxyl groups excluding tert-OH is 1. The van der Waals surface area contributed by atoms with Gasteiger partial charge in [-0.3, -0.25) is 4.98 Å². The van der Waals surface area contributed by atoms with Crippen LogP contribution in [-0.4, -0.2) is 10.1 Å². The van der Waals surface area contributed by atoms with Crippen molar-refractivity contribution in [2.24, 2.45) is 0 Å². The maximum Gasteiger partial charge on any atom is 0.146 e. The SMILES string of the molecule is OCc1ccncc1OCc1ccco1. The summed E-state index contributed by atoms with van der Waals surface area (Å²) in [6, 6.07) is 5.35. The van der Waals surface area contributed by atoms with E-state index in [2.05, 4.69) is 4.98 Å². The summed E-state index contributed by atoms with van der Waals surface area (Å²) in [7, 11) is 0. The molecule has 0 bridgehead atoms. The van der Waals surface area contributed by atoms with Crippen LogP contribution in [0.1, 0.15) is 11.3 Å². The van der Waals surface area contributed by atoms with Gasteiger partial charge in [0.1, 0.15) is 18.1 Å². The van der Waals surface area contributed by atoms with Crippen molar-refractivity contribution in [2.75, 3.05) is 0 Å². The highest BCUT2D eigenvalue weighted by atomic mass is 16.5. The van der Waals surface area contributed by atoms with Crippen molar-refractivity contribution in [1.82, 2.24) is 4.98 Å². The van der Waals surface area contributed by atoms with Gasteiger partial charge in [-0.2, -0.15) is 0 Å². The lowest BCUT2D eigenvalue weighted by Gasteiger charge is -2.07. The number of rotatable bonds is 4. The molecule has 0 radical (unpaired) electrons. The third kappa shape index (κ3) is 2.35. The minimum Gasteiger partial charge on any atom is -0.484 e. The van der Waals surface area contributed by atoms with Crippen molar-refractivity contribution in [3.63, 3.8) is 0 Å². The maximum absolute atomic E-state index is 9.04. The highest BCUT2D eigenvalue weighted by molar-refractivity contribution is 5.29. The maximum atomic E-state index is 9.04. The Hall–Kier alpha value is -1.81. The van der Waals surface area contributed by atoms with Crippen molar-refractivity contribution >= 4 is 0 Å². The zero-order valence-electron chi connectivity index (χ0n) is 8.09. The average Bonchev–Trinajstić information content (AvgIpc) is 2.79.